The third-order valence-corrected chi connectivity index (χ3v) is 6.12. The average Bonchev–Trinajstić information content (AvgIpc) is 2.75. The zero-order chi connectivity index (χ0) is 20.0. The molecule has 0 aliphatic carbocycles. The number of carboxylic acids is 1. The van der Waals surface area contributed by atoms with Gasteiger partial charge in [-0.2, -0.15) is 0 Å². The van der Waals surface area contributed by atoms with Gasteiger partial charge < -0.3 is 14.6 Å². The highest BCUT2D eigenvalue weighted by molar-refractivity contribution is 8.01. The second-order valence-corrected chi connectivity index (χ2v) is 7.38. The summed E-state index contributed by atoms with van der Waals surface area (Å²) in [6, 6.07) is 25.5. The molecule has 28 heavy (non-hydrogen) atoms. The van der Waals surface area contributed by atoms with Crippen molar-refractivity contribution in [3.8, 4) is 11.5 Å². The number of carboxylic acid groups (broad SMARTS) is 1. The first-order chi connectivity index (χ1) is 13.6. The molecule has 0 bridgehead atoms. The average molecular weight is 394 g/mol. The van der Waals surface area contributed by atoms with Crippen LogP contribution in [0.4, 0.5) is 0 Å². The molecule has 0 heterocycles. The van der Waals surface area contributed by atoms with Crippen LogP contribution in [-0.2, 0) is 9.54 Å². The van der Waals surface area contributed by atoms with Gasteiger partial charge in [0, 0.05) is 0 Å². The molecular formula is C23H22O4S. The van der Waals surface area contributed by atoms with Crippen LogP contribution < -0.4 is 9.47 Å². The highest BCUT2D eigenvalue weighted by atomic mass is 32.2. The molecule has 5 heteroatoms. The largest absolute Gasteiger partial charge is 0.497 e. The van der Waals surface area contributed by atoms with Gasteiger partial charge in [0.05, 0.1) is 24.7 Å². The van der Waals surface area contributed by atoms with E-state index in [1.807, 2.05) is 78.9 Å². The van der Waals surface area contributed by atoms with Gasteiger partial charge in [-0.15, -0.1) is 11.8 Å². The minimum Gasteiger partial charge on any atom is -0.497 e. The molecular weight excluding hydrogens is 372 g/mol. The van der Waals surface area contributed by atoms with Gasteiger partial charge in [-0.1, -0.05) is 54.6 Å². The summed E-state index contributed by atoms with van der Waals surface area (Å²) in [5, 5.41) is 9.42. The van der Waals surface area contributed by atoms with E-state index < -0.39 is 10.7 Å². The molecule has 0 saturated heterocycles. The lowest BCUT2D eigenvalue weighted by Gasteiger charge is -2.35. The first-order valence-corrected chi connectivity index (χ1v) is 9.79. The van der Waals surface area contributed by atoms with Crippen molar-refractivity contribution >= 4 is 17.7 Å². The molecule has 4 nitrogen and oxygen atoms in total. The summed E-state index contributed by atoms with van der Waals surface area (Å²) >= 11 is 1.38. The van der Waals surface area contributed by atoms with Crippen LogP contribution in [0.25, 0.3) is 0 Å². The minimum atomic E-state index is -0.854. The summed E-state index contributed by atoms with van der Waals surface area (Å²) in [7, 11) is 3.25. The quantitative estimate of drug-likeness (QED) is 0.556. The van der Waals surface area contributed by atoms with Crippen LogP contribution in [0, 0.1) is 0 Å². The summed E-state index contributed by atoms with van der Waals surface area (Å²) in [6.45, 7) is 0. The standard InChI is InChI=1S/C23H22O4S/c1-26-20-12-8-18(9-13-20)23(28-16-22(24)25,17-6-4-3-5-7-17)19-10-14-21(27-2)15-11-19/h3-15H,16H2,1-2H3,(H,24,25). The summed E-state index contributed by atoms with van der Waals surface area (Å²) in [6.07, 6.45) is 0. The summed E-state index contributed by atoms with van der Waals surface area (Å²) < 4.78 is 9.93. The molecule has 3 aromatic carbocycles. The lowest BCUT2D eigenvalue weighted by Crippen LogP contribution is -2.27. The van der Waals surface area contributed by atoms with Crippen molar-refractivity contribution in [3.05, 3.63) is 95.6 Å². The first-order valence-electron chi connectivity index (χ1n) is 8.80. The number of rotatable bonds is 8. The summed E-state index contributed by atoms with van der Waals surface area (Å²) in [5.41, 5.74) is 2.98. The fourth-order valence-corrected chi connectivity index (χ4v) is 4.49. The van der Waals surface area contributed by atoms with Crippen molar-refractivity contribution in [2.75, 3.05) is 20.0 Å². The van der Waals surface area contributed by atoms with Gasteiger partial charge in [-0.3, -0.25) is 4.79 Å². The molecule has 0 aromatic heterocycles. The predicted octanol–water partition coefficient (Wildman–Crippen LogP) is 4.81. The SMILES string of the molecule is COc1ccc(C(SCC(=O)O)(c2ccccc2)c2ccc(OC)cc2)cc1. The second kappa shape index (κ2) is 8.85. The van der Waals surface area contributed by atoms with Gasteiger partial charge in [0.1, 0.15) is 11.5 Å². The Balaban J connectivity index is 2.24. The number of aliphatic carboxylic acids is 1. The fraction of sp³-hybridized carbons (Fsp3) is 0.174. The molecule has 0 radical (unpaired) electrons. The highest BCUT2D eigenvalue weighted by Gasteiger charge is 2.37. The lowest BCUT2D eigenvalue weighted by molar-refractivity contribution is -0.133. The Hall–Kier alpha value is -2.92. The zero-order valence-electron chi connectivity index (χ0n) is 15.8. The number of thioether (sulfide) groups is 1. The maximum Gasteiger partial charge on any atom is 0.313 e. The number of ether oxygens (including phenoxy) is 2. The van der Waals surface area contributed by atoms with Crippen molar-refractivity contribution in [2.24, 2.45) is 0 Å². The van der Waals surface area contributed by atoms with Gasteiger partial charge >= 0.3 is 5.97 Å². The topological polar surface area (TPSA) is 55.8 Å². The van der Waals surface area contributed by atoms with Crippen LogP contribution in [-0.4, -0.2) is 31.0 Å². The predicted molar refractivity (Wildman–Crippen MR) is 112 cm³/mol. The Bertz CT molecular complexity index is 858. The van der Waals surface area contributed by atoms with E-state index in [2.05, 4.69) is 0 Å². The number of carbonyl (C=O) groups is 1. The maximum atomic E-state index is 11.5. The molecule has 3 aromatic rings. The Morgan fingerprint density at radius 2 is 1.21 bits per heavy atom. The third kappa shape index (κ3) is 3.99. The van der Waals surface area contributed by atoms with Crippen LogP contribution in [0.5, 0.6) is 11.5 Å². The molecule has 0 saturated carbocycles. The van der Waals surface area contributed by atoms with Gasteiger partial charge in [-0.05, 0) is 41.0 Å². The molecule has 0 unspecified atom stereocenters. The molecule has 0 fully saturated rings. The molecule has 0 spiro atoms. The van der Waals surface area contributed by atoms with E-state index in [0.717, 1.165) is 28.2 Å². The fourth-order valence-electron chi connectivity index (χ4n) is 3.24. The second-order valence-electron chi connectivity index (χ2n) is 6.19. The Kier molecular flexibility index (Phi) is 6.26. The lowest BCUT2D eigenvalue weighted by atomic mass is 9.84. The van der Waals surface area contributed by atoms with Gasteiger partial charge in [0.25, 0.3) is 0 Å². The minimum absolute atomic E-state index is 0.0348. The molecule has 0 aliphatic rings. The Labute approximate surface area is 169 Å². The van der Waals surface area contributed by atoms with Crippen molar-refractivity contribution < 1.29 is 19.4 Å². The molecule has 0 amide bonds. The molecule has 144 valence electrons. The van der Waals surface area contributed by atoms with Crippen LogP contribution in [0.1, 0.15) is 16.7 Å². The van der Waals surface area contributed by atoms with Gasteiger partial charge in [0.15, 0.2) is 0 Å². The Morgan fingerprint density at radius 1 is 0.786 bits per heavy atom. The highest BCUT2D eigenvalue weighted by Crippen LogP contribution is 2.49. The first kappa shape index (κ1) is 19.8. The van der Waals surface area contributed by atoms with E-state index in [4.69, 9.17) is 9.47 Å². The maximum absolute atomic E-state index is 11.5. The third-order valence-electron chi connectivity index (χ3n) is 4.59. The molecule has 0 aliphatic heterocycles. The van der Waals surface area contributed by atoms with Crippen molar-refractivity contribution in [1.82, 2.24) is 0 Å². The molecule has 1 N–H and O–H groups in total. The van der Waals surface area contributed by atoms with Crippen LogP contribution >= 0.6 is 11.8 Å². The van der Waals surface area contributed by atoms with Gasteiger partial charge in [0.2, 0.25) is 0 Å². The van der Waals surface area contributed by atoms with Gasteiger partial charge in [-0.25, -0.2) is 0 Å². The number of hydrogen-bond acceptors (Lipinski definition) is 4. The monoisotopic (exact) mass is 394 g/mol. The number of hydrogen-bond donors (Lipinski definition) is 1. The van der Waals surface area contributed by atoms with Crippen molar-refractivity contribution in [2.45, 2.75) is 4.75 Å². The number of methoxy groups -OCH3 is 2. The van der Waals surface area contributed by atoms with Crippen LogP contribution in [0.15, 0.2) is 78.9 Å². The van der Waals surface area contributed by atoms with E-state index in [-0.39, 0.29) is 5.75 Å². The van der Waals surface area contributed by atoms with E-state index in [1.54, 1.807) is 14.2 Å². The summed E-state index contributed by atoms with van der Waals surface area (Å²) in [5.74, 6) is 0.618. The normalized spacial score (nSPS) is 11.1. The van der Waals surface area contributed by atoms with E-state index in [0.29, 0.717) is 0 Å². The Morgan fingerprint density at radius 3 is 1.61 bits per heavy atom. The van der Waals surface area contributed by atoms with Crippen LogP contribution in [0.2, 0.25) is 0 Å². The van der Waals surface area contributed by atoms with Crippen LogP contribution in [0.3, 0.4) is 0 Å². The van der Waals surface area contributed by atoms with E-state index in [1.165, 1.54) is 11.8 Å². The van der Waals surface area contributed by atoms with Crippen molar-refractivity contribution in [3.63, 3.8) is 0 Å². The number of benzene rings is 3. The molecule has 3 rings (SSSR count). The zero-order valence-corrected chi connectivity index (χ0v) is 16.6. The van der Waals surface area contributed by atoms with E-state index >= 15 is 0 Å². The molecule has 0 atom stereocenters. The van der Waals surface area contributed by atoms with Crippen molar-refractivity contribution in [1.29, 1.82) is 0 Å². The smallest absolute Gasteiger partial charge is 0.313 e. The van der Waals surface area contributed by atoms with E-state index in [9.17, 15) is 9.90 Å². The summed E-state index contributed by atoms with van der Waals surface area (Å²) in [4.78, 5) is 11.5.